The predicted octanol–water partition coefficient (Wildman–Crippen LogP) is 0.914. The number of likely N-dealkylation sites (N-methyl/N-ethyl adjacent to an activating group) is 1. The maximum Gasteiger partial charge on any atom is 0.251 e. The van der Waals surface area contributed by atoms with E-state index in [4.69, 9.17) is 17.0 Å². The normalized spacial score (nSPS) is 25.3. The second-order valence-corrected chi connectivity index (χ2v) is 7.24. The third kappa shape index (κ3) is 4.34. The van der Waals surface area contributed by atoms with Crippen molar-refractivity contribution in [3.05, 3.63) is 23.8 Å². The second-order valence-electron chi connectivity index (χ2n) is 6.87. The van der Waals surface area contributed by atoms with Gasteiger partial charge >= 0.3 is 0 Å². The van der Waals surface area contributed by atoms with Gasteiger partial charge in [0.15, 0.2) is 0 Å². The average Bonchev–Trinajstić information content (AvgIpc) is 3.13. The molecule has 0 aromatic heterocycles. The van der Waals surface area contributed by atoms with Crippen molar-refractivity contribution >= 4 is 34.9 Å². The van der Waals surface area contributed by atoms with Crippen LogP contribution in [0.25, 0.3) is 0 Å². The van der Waals surface area contributed by atoms with E-state index in [0.29, 0.717) is 37.0 Å². The van der Waals surface area contributed by atoms with Gasteiger partial charge in [-0.3, -0.25) is 19.4 Å². The van der Waals surface area contributed by atoms with Crippen LogP contribution in [0.5, 0.6) is 0 Å². The fourth-order valence-electron chi connectivity index (χ4n) is 3.72. The summed E-state index contributed by atoms with van der Waals surface area (Å²) in [5.74, 6) is -0.760. The minimum Gasteiger partial charge on any atom is -0.383 e. The lowest BCUT2D eigenvalue weighted by molar-refractivity contribution is -0.129. The highest BCUT2D eigenvalue weighted by molar-refractivity contribution is 7.80. The lowest BCUT2D eigenvalue weighted by Crippen LogP contribution is -2.47. The highest BCUT2D eigenvalue weighted by atomic mass is 32.1. The number of carbonyl (C=O) groups excluding carboxylic acids is 2. The lowest BCUT2D eigenvalue weighted by atomic mass is 9.91. The van der Waals surface area contributed by atoms with E-state index in [2.05, 4.69) is 22.1 Å². The van der Waals surface area contributed by atoms with Gasteiger partial charge < -0.3 is 10.1 Å². The SMILES string of the molecule is CCN1CCCC1CNC(=O)C1=CC2=NC(=S)N(CCOC)C(=O)C2C=C1. The fraction of sp³-hybridized carbons (Fsp3) is 0.579. The van der Waals surface area contributed by atoms with Crippen molar-refractivity contribution in [2.24, 2.45) is 10.9 Å². The molecular formula is C19H26N4O3S. The summed E-state index contributed by atoms with van der Waals surface area (Å²) in [5.41, 5.74) is 1.04. The molecule has 1 fully saturated rings. The highest BCUT2D eigenvalue weighted by Gasteiger charge is 2.35. The summed E-state index contributed by atoms with van der Waals surface area (Å²) in [4.78, 5) is 33.4. The monoisotopic (exact) mass is 390 g/mol. The molecule has 3 rings (SSSR count). The number of allylic oxidation sites excluding steroid dienone is 1. The summed E-state index contributed by atoms with van der Waals surface area (Å²) in [6.45, 7) is 5.64. The number of amides is 2. The minimum atomic E-state index is -0.490. The molecule has 0 radical (unpaired) electrons. The van der Waals surface area contributed by atoms with Crippen LogP contribution in [0.3, 0.4) is 0 Å². The molecule has 0 bridgehead atoms. The summed E-state index contributed by atoms with van der Waals surface area (Å²) in [6, 6.07) is 0.399. The van der Waals surface area contributed by atoms with E-state index in [-0.39, 0.29) is 16.9 Å². The van der Waals surface area contributed by atoms with Gasteiger partial charge in [0.05, 0.1) is 24.8 Å². The van der Waals surface area contributed by atoms with Gasteiger partial charge in [-0.15, -0.1) is 0 Å². The first-order valence-corrected chi connectivity index (χ1v) is 9.81. The van der Waals surface area contributed by atoms with Gasteiger partial charge in [-0.2, -0.15) is 0 Å². The van der Waals surface area contributed by atoms with Crippen LogP contribution in [0, 0.1) is 5.92 Å². The number of nitrogens with one attached hydrogen (secondary N) is 1. The van der Waals surface area contributed by atoms with Crippen LogP contribution in [0.2, 0.25) is 0 Å². The van der Waals surface area contributed by atoms with E-state index >= 15 is 0 Å². The first-order valence-electron chi connectivity index (χ1n) is 9.40. The molecule has 0 aromatic carbocycles. The minimum absolute atomic E-state index is 0.126. The molecule has 2 aliphatic heterocycles. The number of nitrogens with zero attached hydrogens (tertiary/aromatic N) is 3. The van der Waals surface area contributed by atoms with Crippen molar-refractivity contribution in [2.75, 3.05) is 39.9 Å². The van der Waals surface area contributed by atoms with Crippen LogP contribution in [0.15, 0.2) is 28.8 Å². The lowest BCUT2D eigenvalue weighted by Gasteiger charge is -2.30. The van der Waals surface area contributed by atoms with E-state index in [1.165, 1.54) is 11.3 Å². The van der Waals surface area contributed by atoms with Crippen LogP contribution in [-0.2, 0) is 14.3 Å². The third-order valence-corrected chi connectivity index (χ3v) is 5.57. The molecule has 7 nitrogen and oxygen atoms in total. The molecule has 0 aromatic rings. The molecule has 3 aliphatic rings. The highest BCUT2D eigenvalue weighted by Crippen LogP contribution is 2.22. The number of fused-ring (bicyclic) bond motifs is 1. The van der Waals surface area contributed by atoms with Crippen molar-refractivity contribution in [3.8, 4) is 0 Å². The Balaban J connectivity index is 1.65. The molecular weight excluding hydrogens is 364 g/mol. The number of aliphatic imine (C=N–C) groups is 1. The van der Waals surface area contributed by atoms with Gasteiger partial charge in [-0.05, 0) is 44.2 Å². The molecule has 146 valence electrons. The molecule has 1 saturated heterocycles. The van der Waals surface area contributed by atoms with Crippen LogP contribution in [0.1, 0.15) is 19.8 Å². The summed E-state index contributed by atoms with van der Waals surface area (Å²) >= 11 is 5.24. The quantitative estimate of drug-likeness (QED) is 0.654. The van der Waals surface area contributed by atoms with Crippen molar-refractivity contribution in [3.63, 3.8) is 0 Å². The van der Waals surface area contributed by atoms with Crippen LogP contribution >= 0.6 is 12.2 Å². The molecule has 2 amide bonds. The van der Waals surface area contributed by atoms with E-state index in [0.717, 1.165) is 19.5 Å². The molecule has 8 heteroatoms. The Bertz CT molecular complexity index is 716. The van der Waals surface area contributed by atoms with E-state index in [9.17, 15) is 9.59 Å². The molecule has 27 heavy (non-hydrogen) atoms. The maximum absolute atomic E-state index is 12.6. The first-order chi connectivity index (χ1) is 13.0. The summed E-state index contributed by atoms with van der Waals surface area (Å²) < 4.78 is 5.02. The van der Waals surface area contributed by atoms with Crippen molar-refractivity contribution < 1.29 is 14.3 Å². The van der Waals surface area contributed by atoms with Gasteiger partial charge in [0.2, 0.25) is 11.0 Å². The third-order valence-electron chi connectivity index (χ3n) is 5.26. The van der Waals surface area contributed by atoms with Gasteiger partial charge in [0.25, 0.3) is 5.91 Å². The van der Waals surface area contributed by atoms with Crippen LogP contribution in [-0.4, -0.2) is 78.4 Å². The molecule has 0 spiro atoms. The molecule has 0 saturated carbocycles. The maximum atomic E-state index is 12.6. The van der Waals surface area contributed by atoms with Crippen LogP contribution in [0.4, 0.5) is 0 Å². The summed E-state index contributed by atoms with van der Waals surface area (Å²) in [5, 5.41) is 3.23. The standard InChI is InChI=1S/C19H26N4O3S/c1-3-22-8-4-5-14(22)12-20-17(24)13-6-7-15-16(11-13)21-19(27)23(18(15)25)9-10-26-2/h6-7,11,14-15H,3-5,8-10,12H2,1-2H3,(H,20,24). The van der Waals surface area contributed by atoms with Gasteiger partial charge in [0.1, 0.15) is 0 Å². The topological polar surface area (TPSA) is 74.2 Å². The zero-order valence-corrected chi connectivity index (χ0v) is 16.6. The number of thiocarbonyl (C=S) groups is 1. The van der Waals surface area contributed by atoms with Gasteiger partial charge in [0, 0.05) is 25.3 Å². The van der Waals surface area contributed by atoms with Gasteiger partial charge in [-0.25, -0.2) is 4.99 Å². The number of ether oxygens (including phenoxy) is 1. The number of methoxy groups -OCH3 is 1. The predicted molar refractivity (Wildman–Crippen MR) is 108 cm³/mol. The molecule has 2 heterocycles. The fourth-order valence-corrected chi connectivity index (χ4v) is 4.01. The Labute approximate surface area is 165 Å². The Morgan fingerprint density at radius 2 is 2.30 bits per heavy atom. The first kappa shape index (κ1) is 19.9. The van der Waals surface area contributed by atoms with E-state index in [1.54, 1.807) is 25.3 Å². The van der Waals surface area contributed by atoms with Gasteiger partial charge in [-0.1, -0.05) is 19.1 Å². The Morgan fingerprint density at radius 1 is 1.48 bits per heavy atom. The summed E-state index contributed by atoms with van der Waals surface area (Å²) in [6.07, 6.45) is 7.38. The molecule has 1 N–H and O–H groups in total. The summed E-state index contributed by atoms with van der Waals surface area (Å²) in [7, 11) is 1.58. The number of rotatable bonds is 7. The number of hydrogen-bond acceptors (Lipinski definition) is 5. The number of hydrogen-bond donors (Lipinski definition) is 1. The number of carbonyl (C=O) groups is 2. The van der Waals surface area contributed by atoms with E-state index < -0.39 is 5.92 Å². The smallest absolute Gasteiger partial charge is 0.251 e. The van der Waals surface area contributed by atoms with Crippen molar-refractivity contribution in [1.29, 1.82) is 0 Å². The van der Waals surface area contributed by atoms with Crippen molar-refractivity contribution in [1.82, 2.24) is 15.1 Å². The Kier molecular flexibility index (Phi) is 6.51. The second kappa shape index (κ2) is 8.86. The zero-order valence-electron chi connectivity index (χ0n) is 15.8. The number of likely N-dealkylation sites (tertiary alicyclic amines) is 1. The molecule has 2 atom stereocenters. The molecule has 1 aliphatic carbocycles. The Morgan fingerprint density at radius 3 is 3.04 bits per heavy atom. The Hall–Kier alpha value is -1.90. The largest absolute Gasteiger partial charge is 0.383 e. The average molecular weight is 391 g/mol. The van der Waals surface area contributed by atoms with E-state index in [1.807, 2.05) is 0 Å². The van der Waals surface area contributed by atoms with Crippen LogP contribution < -0.4 is 5.32 Å². The zero-order chi connectivity index (χ0) is 19.4. The molecule has 2 unspecified atom stereocenters. The van der Waals surface area contributed by atoms with Crippen molar-refractivity contribution in [2.45, 2.75) is 25.8 Å².